The number of nitro benzene ring substituents is 1. The maximum atomic E-state index is 12.6. The van der Waals surface area contributed by atoms with Gasteiger partial charge in [-0.05, 0) is 29.2 Å². The molecule has 2 aromatic rings. The molecule has 0 aliphatic heterocycles. The molecule has 0 atom stereocenters. The average Bonchev–Trinajstić information content (AvgIpc) is 2.53. The van der Waals surface area contributed by atoms with E-state index in [9.17, 15) is 18.5 Å². The highest BCUT2D eigenvalue weighted by atomic mass is 32.2. The lowest BCUT2D eigenvalue weighted by molar-refractivity contribution is -0.385. The summed E-state index contributed by atoms with van der Waals surface area (Å²) >= 11 is 0. The summed E-state index contributed by atoms with van der Waals surface area (Å²) in [4.78, 5) is 10.9. The smallest absolute Gasteiger partial charge is 0.313 e. The Morgan fingerprint density at radius 1 is 1.12 bits per heavy atom. The van der Waals surface area contributed by atoms with Gasteiger partial charge in [-0.15, -0.1) is 0 Å². The van der Waals surface area contributed by atoms with Gasteiger partial charge in [-0.1, -0.05) is 39.0 Å². The molecule has 0 bridgehead atoms. The standard InChI is InChI=1S/C17H20N2O5S/c1-17(2,3)12-10-14(16(24-4)15(11-12)19(20)21)18-25(22,23)13-8-6-5-7-9-13/h5-11,18H,1-4H3. The Morgan fingerprint density at radius 3 is 2.20 bits per heavy atom. The third kappa shape index (κ3) is 4.08. The van der Waals surface area contributed by atoms with Gasteiger partial charge in [0.2, 0.25) is 5.75 Å². The first kappa shape index (κ1) is 18.7. The summed E-state index contributed by atoms with van der Waals surface area (Å²) in [5.41, 5.74) is -0.0545. The van der Waals surface area contributed by atoms with Crippen molar-refractivity contribution in [3.63, 3.8) is 0 Å². The molecule has 0 fully saturated rings. The Kier molecular flexibility index (Phi) is 5.03. The first-order valence-electron chi connectivity index (χ1n) is 7.51. The summed E-state index contributed by atoms with van der Waals surface area (Å²) in [6.45, 7) is 5.65. The summed E-state index contributed by atoms with van der Waals surface area (Å²) < 4.78 is 32.7. The second kappa shape index (κ2) is 6.72. The van der Waals surface area contributed by atoms with Gasteiger partial charge in [0.25, 0.3) is 10.0 Å². The molecular weight excluding hydrogens is 344 g/mol. The van der Waals surface area contributed by atoms with Crippen LogP contribution in [0.1, 0.15) is 26.3 Å². The lowest BCUT2D eigenvalue weighted by Crippen LogP contribution is -2.17. The molecule has 0 radical (unpaired) electrons. The Hall–Kier alpha value is -2.61. The number of benzene rings is 2. The highest BCUT2D eigenvalue weighted by molar-refractivity contribution is 7.92. The van der Waals surface area contributed by atoms with Crippen LogP contribution in [0.3, 0.4) is 0 Å². The highest BCUT2D eigenvalue weighted by Gasteiger charge is 2.27. The van der Waals surface area contributed by atoms with Gasteiger partial charge < -0.3 is 4.74 Å². The van der Waals surface area contributed by atoms with Crippen LogP contribution >= 0.6 is 0 Å². The number of hydrogen-bond donors (Lipinski definition) is 1. The lowest BCUT2D eigenvalue weighted by atomic mass is 9.86. The van der Waals surface area contributed by atoms with Crippen molar-refractivity contribution in [2.24, 2.45) is 0 Å². The summed E-state index contributed by atoms with van der Waals surface area (Å²) in [7, 11) is -2.64. The number of ether oxygens (including phenoxy) is 1. The molecule has 0 saturated heterocycles. The second-order valence-corrected chi connectivity index (χ2v) is 8.18. The van der Waals surface area contributed by atoms with Gasteiger partial charge in [0.05, 0.1) is 22.6 Å². The molecule has 25 heavy (non-hydrogen) atoms. The Balaban J connectivity index is 2.63. The molecular formula is C17H20N2O5S. The van der Waals surface area contributed by atoms with Crippen molar-refractivity contribution in [2.75, 3.05) is 11.8 Å². The fourth-order valence-electron chi connectivity index (χ4n) is 2.28. The molecule has 2 aromatic carbocycles. The zero-order valence-electron chi connectivity index (χ0n) is 14.4. The molecule has 0 aliphatic rings. The van der Waals surface area contributed by atoms with Crippen molar-refractivity contribution in [1.29, 1.82) is 0 Å². The zero-order chi connectivity index (χ0) is 18.8. The Bertz CT molecular complexity index is 887. The highest BCUT2D eigenvalue weighted by Crippen LogP contribution is 2.40. The predicted molar refractivity (Wildman–Crippen MR) is 95.6 cm³/mol. The number of sulfonamides is 1. The number of nitrogens with zero attached hydrogens (tertiary/aromatic N) is 1. The van der Waals surface area contributed by atoms with E-state index >= 15 is 0 Å². The van der Waals surface area contributed by atoms with E-state index < -0.39 is 20.4 Å². The quantitative estimate of drug-likeness (QED) is 0.644. The maximum Gasteiger partial charge on any atom is 0.313 e. The van der Waals surface area contributed by atoms with Crippen molar-refractivity contribution in [3.05, 3.63) is 58.1 Å². The molecule has 0 aliphatic carbocycles. The molecule has 0 amide bonds. The minimum absolute atomic E-state index is 0.0329. The van der Waals surface area contributed by atoms with E-state index in [0.717, 1.165) is 0 Å². The molecule has 134 valence electrons. The topological polar surface area (TPSA) is 98.5 Å². The minimum atomic E-state index is -3.90. The van der Waals surface area contributed by atoms with E-state index in [2.05, 4.69) is 4.72 Å². The van der Waals surface area contributed by atoms with Crippen LogP contribution in [0.4, 0.5) is 11.4 Å². The molecule has 2 rings (SSSR count). The first-order chi connectivity index (χ1) is 11.6. The molecule has 0 spiro atoms. The maximum absolute atomic E-state index is 12.6. The molecule has 0 unspecified atom stereocenters. The van der Waals surface area contributed by atoms with Gasteiger partial charge in [-0.3, -0.25) is 14.8 Å². The zero-order valence-corrected chi connectivity index (χ0v) is 15.3. The summed E-state index contributed by atoms with van der Waals surface area (Å²) in [5.74, 6) is -0.127. The predicted octanol–water partition coefficient (Wildman–Crippen LogP) is 3.70. The summed E-state index contributed by atoms with van der Waals surface area (Å²) in [6, 6.07) is 10.7. The van der Waals surface area contributed by atoms with Gasteiger partial charge in [0.15, 0.2) is 0 Å². The van der Waals surface area contributed by atoms with Crippen LogP contribution in [0.2, 0.25) is 0 Å². The van der Waals surface area contributed by atoms with Crippen LogP contribution in [-0.4, -0.2) is 20.5 Å². The van der Waals surface area contributed by atoms with E-state index in [1.165, 1.54) is 25.3 Å². The molecule has 7 nitrogen and oxygen atoms in total. The molecule has 0 aromatic heterocycles. The van der Waals surface area contributed by atoms with Crippen molar-refractivity contribution in [1.82, 2.24) is 0 Å². The van der Waals surface area contributed by atoms with Crippen molar-refractivity contribution < 1.29 is 18.1 Å². The van der Waals surface area contributed by atoms with Crippen LogP contribution in [0.15, 0.2) is 47.4 Å². The van der Waals surface area contributed by atoms with Gasteiger partial charge in [-0.2, -0.15) is 0 Å². The fraction of sp³-hybridized carbons (Fsp3) is 0.294. The van der Waals surface area contributed by atoms with E-state index in [4.69, 9.17) is 4.74 Å². The normalized spacial score (nSPS) is 11.8. The van der Waals surface area contributed by atoms with E-state index in [1.807, 2.05) is 20.8 Å². The molecule has 8 heteroatoms. The Morgan fingerprint density at radius 2 is 1.72 bits per heavy atom. The first-order valence-corrected chi connectivity index (χ1v) is 8.99. The van der Waals surface area contributed by atoms with Crippen LogP contribution in [-0.2, 0) is 15.4 Å². The monoisotopic (exact) mass is 364 g/mol. The molecule has 1 N–H and O–H groups in total. The number of hydrogen-bond acceptors (Lipinski definition) is 5. The van der Waals surface area contributed by atoms with E-state index in [0.29, 0.717) is 5.56 Å². The van der Waals surface area contributed by atoms with E-state index in [1.54, 1.807) is 24.3 Å². The summed E-state index contributed by atoms with van der Waals surface area (Å²) in [5, 5.41) is 11.4. The third-order valence-corrected chi connectivity index (χ3v) is 5.02. The minimum Gasteiger partial charge on any atom is -0.489 e. The van der Waals surface area contributed by atoms with Crippen LogP contribution < -0.4 is 9.46 Å². The van der Waals surface area contributed by atoms with Gasteiger partial charge in [0.1, 0.15) is 0 Å². The SMILES string of the molecule is COc1c(NS(=O)(=O)c2ccccc2)cc(C(C)(C)C)cc1[N+](=O)[O-]. The third-order valence-electron chi connectivity index (χ3n) is 3.63. The number of methoxy groups -OCH3 is 1. The summed E-state index contributed by atoms with van der Waals surface area (Å²) in [6.07, 6.45) is 0. The Labute approximate surface area is 146 Å². The van der Waals surface area contributed by atoms with Crippen LogP contribution in [0, 0.1) is 10.1 Å². The van der Waals surface area contributed by atoms with Crippen molar-refractivity contribution in [3.8, 4) is 5.75 Å². The number of anilines is 1. The van der Waals surface area contributed by atoms with Crippen molar-refractivity contribution in [2.45, 2.75) is 31.1 Å². The average molecular weight is 364 g/mol. The van der Waals surface area contributed by atoms with Gasteiger partial charge in [0, 0.05) is 6.07 Å². The number of nitrogens with one attached hydrogen (secondary N) is 1. The molecule has 0 heterocycles. The number of nitro groups is 1. The lowest BCUT2D eigenvalue weighted by Gasteiger charge is -2.21. The van der Waals surface area contributed by atoms with Gasteiger partial charge in [-0.25, -0.2) is 8.42 Å². The number of rotatable bonds is 5. The van der Waals surface area contributed by atoms with Gasteiger partial charge >= 0.3 is 5.69 Å². The molecule has 0 saturated carbocycles. The second-order valence-electron chi connectivity index (χ2n) is 6.50. The van der Waals surface area contributed by atoms with E-state index in [-0.39, 0.29) is 22.0 Å². The van der Waals surface area contributed by atoms with Crippen molar-refractivity contribution >= 4 is 21.4 Å². The van der Waals surface area contributed by atoms with Crippen LogP contribution in [0.5, 0.6) is 5.75 Å². The fourth-order valence-corrected chi connectivity index (χ4v) is 3.35. The largest absolute Gasteiger partial charge is 0.489 e. The van der Waals surface area contributed by atoms with Crippen LogP contribution in [0.25, 0.3) is 0 Å².